The minimum Gasteiger partial charge on any atom is -0.451 e. The SMILES string of the molecule is Cc1cc(C)c2nc(N(CCCN3CCOCC3)C(=O)c3cc4ccccc4o3)sc2c1. The van der Waals surface area contributed by atoms with Crippen LogP contribution >= 0.6 is 11.3 Å². The minimum atomic E-state index is -0.142. The van der Waals surface area contributed by atoms with Gasteiger partial charge < -0.3 is 9.15 Å². The molecule has 0 atom stereocenters. The molecule has 0 bridgehead atoms. The first-order chi connectivity index (χ1) is 15.6. The predicted octanol–water partition coefficient (Wildman–Crippen LogP) is 5.03. The van der Waals surface area contributed by atoms with Crippen molar-refractivity contribution >= 4 is 43.6 Å². The first kappa shape index (κ1) is 21.1. The maximum absolute atomic E-state index is 13.6. The quantitative estimate of drug-likeness (QED) is 0.413. The van der Waals surface area contributed by atoms with Crippen LogP contribution in [-0.2, 0) is 4.74 Å². The van der Waals surface area contributed by atoms with Crippen LogP contribution in [0.1, 0.15) is 28.1 Å². The monoisotopic (exact) mass is 449 g/mol. The summed E-state index contributed by atoms with van der Waals surface area (Å²) in [6, 6.07) is 13.8. The number of nitrogens with zero attached hydrogens (tertiary/aromatic N) is 3. The smallest absolute Gasteiger partial charge is 0.295 e. The van der Waals surface area contributed by atoms with Gasteiger partial charge in [-0.1, -0.05) is 35.6 Å². The number of morpholine rings is 1. The summed E-state index contributed by atoms with van der Waals surface area (Å²) < 4.78 is 12.5. The molecular weight excluding hydrogens is 422 g/mol. The number of hydrogen-bond donors (Lipinski definition) is 0. The number of rotatable bonds is 6. The van der Waals surface area contributed by atoms with Crippen LogP contribution in [0, 0.1) is 13.8 Å². The van der Waals surface area contributed by atoms with Gasteiger partial charge in [-0.15, -0.1) is 0 Å². The van der Waals surface area contributed by atoms with Crippen LogP contribution < -0.4 is 4.90 Å². The lowest BCUT2D eigenvalue weighted by Gasteiger charge is -2.27. The Bertz CT molecular complexity index is 1220. The van der Waals surface area contributed by atoms with E-state index in [1.807, 2.05) is 30.3 Å². The summed E-state index contributed by atoms with van der Waals surface area (Å²) >= 11 is 1.57. The maximum Gasteiger partial charge on any atom is 0.295 e. The van der Waals surface area contributed by atoms with E-state index in [4.69, 9.17) is 14.1 Å². The summed E-state index contributed by atoms with van der Waals surface area (Å²) in [6.07, 6.45) is 0.861. The van der Waals surface area contributed by atoms with E-state index in [2.05, 4.69) is 30.9 Å². The summed E-state index contributed by atoms with van der Waals surface area (Å²) in [7, 11) is 0. The van der Waals surface area contributed by atoms with E-state index >= 15 is 0 Å². The Labute approximate surface area is 191 Å². The number of ether oxygens (including phenoxy) is 1. The normalized spacial score (nSPS) is 14.9. The molecule has 7 heteroatoms. The van der Waals surface area contributed by atoms with Crippen molar-refractivity contribution in [3.8, 4) is 0 Å². The average Bonchev–Trinajstić information content (AvgIpc) is 3.41. The molecule has 2 aromatic heterocycles. The maximum atomic E-state index is 13.6. The summed E-state index contributed by atoms with van der Waals surface area (Å²) in [5, 5.41) is 1.65. The lowest BCUT2D eigenvalue weighted by Crippen LogP contribution is -2.39. The standard InChI is InChI=1S/C25H27N3O3S/c1-17-14-18(2)23-22(15-17)32-25(26-23)28(9-5-8-27-10-12-30-13-11-27)24(29)21-16-19-6-3-4-7-20(19)31-21/h3-4,6-7,14-16H,5,8-13H2,1-2H3. The second-order valence-electron chi connectivity index (χ2n) is 8.34. The fourth-order valence-electron chi connectivity index (χ4n) is 4.26. The highest BCUT2D eigenvalue weighted by Gasteiger charge is 2.25. The number of fused-ring (bicyclic) bond motifs is 2. The molecule has 2 aromatic carbocycles. The van der Waals surface area contributed by atoms with Crippen molar-refractivity contribution in [1.29, 1.82) is 0 Å². The van der Waals surface area contributed by atoms with Crippen molar-refractivity contribution < 1.29 is 13.9 Å². The van der Waals surface area contributed by atoms with Crippen molar-refractivity contribution in [1.82, 2.24) is 9.88 Å². The second-order valence-corrected chi connectivity index (χ2v) is 9.35. The van der Waals surface area contributed by atoms with Gasteiger partial charge >= 0.3 is 0 Å². The molecule has 0 N–H and O–H groups in total. The van der Waals surface area contributed by atoms with Gasteiger partial charge in [-0.05, 0) is 49.6 Å². The number of carbonyl (C=O) groups excluding carboxylic acids is 1. The highest BCUT2D eigenvalue weighted by Crippen LogP contribution is 2.33. The third-order valence-electron chi connectivity index (χ3n) is 5.89. The fourth-order valence-corrected chi connectivity index (χ4v) is 5.42. The molecule has 166 valence electrons. The lowest BCUT2D eigenvalue weighted by molar-refractivity contribution is 0.0376. The molecule has 1 fully saturated rings. The molecule has 3 heterocycles. The molecule has 32 heavy (non-hydrogen) atoms. The van der Waals surface area contributed by atoms with Gasteiger partial charge in [0.05, 0.1) is 23.4 Å². The second kappa shape index (κ2) is 9.02. The number of hydrogen-bond acceptors (Lipinski definition) is 6. The molecule has 1 amide bonds. The Morgan fingerprint density at radius 1 is 1.16 bits per heavy atom. The van der Waals surface area contributed by atoms with E-state index in [9.17, 15) is 4.79 Å². The zero-order valence-electron chi connectivity index (χ0n) is 18.5. The molecule has 4 aromatic rings. The Hall–Kier alpha value is -2.74. The molecule has 0 unspecified atom stereocenters. The molecule has 6 nitrogen and oxygen atoms in total. The largest absolute Gasteiger partial charge is 0.451 e. The topological polar surface area (TPSA) is 58.8 Å². The summed E-state index contributed by atoms with van der Waals surface area (Å²) in [5.41, 5.74) is 4.02. The minimum absolute atomic E-state index is 0.142. The van der Waals surface area contributed by atoms with Gasteiger partial charge in [0.25, 0.3) is 5.91 Å². The molecule has 0 spiro atoms. The van der Waals surface area contributed by atoms with E-state index in [0.717, 1.165) is 71.1 Å². The van der Waals surface area contributed by atoms with Gasteiger partial charge in [-0.3, -0.25) is 14.6 Å². The van der Waals surface area contributed by atoms with Crippen LogP contribution in [-0.4, -0.2) is 55.2 Å². The van der Waals surface area contributed by atoms with E-state index in [1.54, 1.807) is 16.2 Å². The molecular formula is C25H27N3O3S. The number of anilines is 1. The summed E-state index contributed by atoms with van der Waals surface area (Å²) in [6.45, 7) is 9.11. The van der Waals surface area contributed by atoms with Crippen LogP contribution in [0.3, 0.4) is 0 Å². The lowest BCUT2D eigenvalue weighted by atomic mass is 10.1. The number of carbonyl (C=O) groups is 1. The summed E-state index contributed by atoms with van der Waals surface area (Å²) in [4.78, 5) is 22.6. The zero-order valence-corrected chi connectivity index (χ0v) is 19.3. The first-order valence-corrected chi connectivity index (χ1v) is 11.9. The van der Waals surface area contributed by atoms with Crippen LogP contribution in [0.5, 0.6) is 0 Å². The zero-order chi connectivity index (χ0) is 22.1. The van der Waals surface area contributed by atoms with Gasteiger partial charge in [-0.25, -0.2) is 4.98 Å². The van der Waals surface area contributed by atoms with Crippen molar-refractivity contribution in [2.45, 2.75) is 20.3 Å². The highest BCUT2D eigenvalue weighted by atomic mass is 32.1. The van der Waals surface area contributed by atoms with Gasteiger partial charge in [0.2, 0.25) is 0 Å². The highest BCUT2D eigenvalue weighted by molar-refractivity contribution is 7.22. The molecule has 1 saturated heterocycles. The van der Waals surface area contributed by atoms with Crippen molar-refractivity contribution in [2.75, 3.05) is 44.3 Å². The summed E-state index contributed by atoms with van der Waals surface area (Å²) in [5.74, 6) is 0.210. The molecule has 1 aliphatic rings. The number of furan rings is 1. The molecule has 0 radical (unpaired) electrons. The van der Waals surface area contributed by atoms with Crippen LogP contribution in [0.4, 0.5) is 5.13 Å². The number of aryl methyl sites for hydroxylation is 2. The third-order valence-corrected chi connectivity index (χ3v) is 6.92. The number of para-hydroxylation sites is 1. The molecule has 0 aliphatic carbocycles. The Morgan fingerprint density at radius 3 is 2.78 bits per heavy atom. The van der Waals surface area contributed by atoms with Gasteiger partial charge in [0.1, 0.15) is 5.58 Å². The first-order valence-electron chi connectivity index (χ1n) is 11.1. The molecule has 0 saturated carbocycles. The number of benzene rings is 2. The number of aromatic nitrogens is 1. The van der Waals surface area contributed by atoms with E-state index in [0.29, 0.717) is 12.3 Å². The Kier molecular flexibility index (Phi) is 5.95. The predicted molar refractivity (Wildman–Crippen MR) is 129 cm³/mol. The third kappa shape index (κ3) is 4.28. The van der Waals surface area contributed by atoms with E-state index in [-0.39, 0.29) is 5.91 Å². The van der Waals surface area contributed by atoms with Crippen LogP contribution in [0.25, 0.3) is 21.2 Å². The van der Waals surface area contributed by atoms with E-state index in [1.165, 1.54) is 5.56 Å². The molecule has 1 aliphatic heterocycles. The van der Waals surface area contributed by atoms with Crippen molar-refractivity contribution in [3.63, 3.8) is 0 Å². The average molecular weight is 450 g/mol. The van der Waals surface area contributed by atoms with Crippen LogP contribution in [0.2, 0.25) is 0 Å². The van der Waals surface area contributed by atoms with Gasteiger partial charge in [0.15, 0.2) is 10.9 Å². The molecule has 5 rings (SSSR count). The van der Waals surface area contributed by atoms with E-state index < -0.39 is 0 Å². The van der Waals surface area contributed by atoms with Crippen molar-refractivity contribution in [2.24, 2.45) is 0 Å². The Balaban J connectivity index is 1.45. The number of thiazole rings is 1. The number of amides is 1. The van der Waals surface area contributed by atoms with Gasteiger partial charge in [0, 0.05) is 31.6 Å². The Morgan fingerprint density at radius 2 is 1.97 bits per heavy atom. The van der Waals surface area contributed by atoms with Crippen molar-refractivity contribution in [3.05, 3.63) is 59.4 Å². The van der Waals surface area contributed by atoms with Gasteiger partial charge in [-0.2, -0.15) is 0 Å². The fraction of sp³-hybridized carbons (Fsp3) is 0.360. The van der Waals surface area contributed by atoms with Crippen LogP contribution in [0.15, 0.2) is 46.9 Å².